The highest BCUT2D eigenvalue weighted by molar-refractivity contribution is 7.89. The summed E-state index contributed by atoms with van der Waals surface area (Å²) >= 11 is 0. The van der Waals surface area contributed by atoms with E-state index in [1.165, 1.54) is 18.3 Å². The van der Waals surface area contributed by atoms with Crippen molar-refractivity contribution in [2.24, 2.45) is 0 Å². The molecule has 1 aromatic carbocycles. The van der Waals surface area contributed by atoms with Crippen LogP contribution in [0.25, 0.3) is 0 Å². The van der Waals surface area contributed by atoms with Crippen LogP contribution in [0.2, 0.25) is 0 Å². The van der Waals surface area contributed by atoms with E-state index in [2.05, 4.69) is 14.9 Å². The number of hydrogen-bond donors (Lipinski definition) is 2. The number of sulfonamides is 1. The lowest BCUT2D eigenvalue weighted by Crippen LogP contribution is -2.23. The molecule has 0 fully saturated rings. The molecule has 7 heteroatoms. The van der Waals surface area contributed by atoms with Crippen molar-refractivity contribution >= 4 is 10.0 Å². The maximum atomic E-state index is 12.1. The summed E-state index contributed by atoms with van der Waals surface area (Å²) in [4.78, 5) is 0.183. The second-order valence-corrected chi connectivity index (χ2v) is 5.92. The summed E-state index contributed by atoms with van der Waals surface area (Å²) in [5, 5.41) is 16.3. The summed E-state index contributed by atoms with van der Waals surface area (Å²) in [6.45, 7) is 0.131. The van der Waals surface area contributed by atoms with Crippen LogP contribution < -0.4 is 4.72 Å². The lowest BCUT2D eigenvalue weighted by atomic mass is 10.2. The molecule has 6 nitrogen and oxygen atoms in total. The van der Waals surface area contributed by atoms with Gasteiger partial charge in [0.15, 0.2) is 0 Å². The van der Waals surface area contributed by atoms with E-state index < -0.39 is 10.0 Å². The van der Waals surface area contributed by atoms with Crippen molar-refractivity contribution < 1.29 is 13.5 Å². The summed E-state index contributed by atoms with van der Waals surface area (Å²) in [7, 11) is -3.57. The molecule has 1 aromatic heterocycles. The second-order valence-electron chi connectivity index (χ2n) is 4.16. The third kappa shape index (κ3) is 3.83. The Kier molecular flexibility index (Phi) is 4.78. The fraction of sp³-hybridized carbons (Fsp3) is 0.231. The van der Waals surface area contributed by atoms with Gasteiger partial charge < -0.3 is 5.11 Å². The van der Waals surface area contributed by atoms with E-state index in [0.29, 0.717) is 12.1 Å². The third-order valence-electron chi connectivity index (χ3n) is 2.70. The third-order valence-corrected chi connectivity index (χ3v) is 4.12. The Balaban J connectivity index is 2.06. The first kappa shape index (κ1) is 14.6. The van der Waals surface area contributed by atoms with Crippen molar-refractivity contribution in [2.75, 3.05) is 6.61 Å². The Bertz CT molecular complexity index is 642. The quantitative estimate of drug-likeness (QED) is 0.808. The number of nitrogens with zero attached hydrogens (tertiary/aromatic N) is 2. The van der Waals surface area contributed by atoms with Crippen molar-refractivity contribution in [3.8, 4) is 0 Å². The van der Waals surface area contributed by atoms with E-state index in [-0.39, 0.29) is 18.0 Å². The Morgan fingerprint density at radius 3 is 2.50 bits per heavy atom. The number of hydrogen-bond acceptors (Lipinski definition) is 5. The molecule has 0 radical (unpaired) electrons. The molecule has 0 aliphatic heterocycles. The first-order valence-electron chi connectivity index (χ1n) is 6.08. The maximum absolute atomic E-state index is 12.1. The van der Waals surface area contributed by atoms with Crippen LogP contribution in [0.4, 0.5) is 0 Å². The van der Waals surface area contributed by atoms with Gasteiger partial charge in [-0.25, -0.2) is 13.1 Å². The van der Waals surface area contributed by atoms with E-state index >= 15 is 0 Å². The molecule has 0 atom stereocenters. The number of rotatable bonds is 6. The van der Waals surface area contributed by atoms with Gasteiger partial charge in [0.25, 0.3) is 0 Å². The van der Waals surface area contributed by atoms with Gasteiger partial charge in [-0.1, -0.05) is 12.1 Å². The zero-order chi connectivity index (χ0) is 14.4. The predicted octanol–water partition coefficient (Wildman–Crippen LogP) is 0.490. The minimum absolute atomic E-state index is 0.0387. The first-order chi connectivity index (χ1) is 9.62. The highest BCUT2D eigenvalue weighted by Gasteiger charge is 2.13. The van der Waals surface area contributed by atoms with Gasteiger partial charge >= 0.3 is 0 Å². The minimum atomic E-state index is -3.57. The molecule has 0 unspecified atom stereocenters. The van der Waals surface area contributed by atoms with Gasteiger partial charge in [0.05, 0.1) is 17.1 Å². The molecule has 2 rings (SSSR count). The van der Waals surface area contributed by atoms with Gasteiger partial charge in [-0.2, -0.15) is 10.2 Å². The summed E-state index contributed by atoms with van der Waals surface area (Å²) in [6, 6.07) is 9.80. The van der Waals surface area contributed by atoms with Crippen LogP contribution in [-0.4, -0.2) is 30.3 Å². The molecule has 0 bridgehead atoms. The van der Waals surface area contributed by atoms with Crippen molar-refractivity contribution in [2.45, 2.75) is 17.9 Å². The Hall–Kier alpha value is -1.83. The number of aliphatic hydroxyl groups is 1. The molecule has 1 heterocycles. The van der Waals surface area contributed by atoms with Crippen LogP contribution in [0.3, 0.4) is 0 Å². The smallest absolute Gasteiger partial charge is 0.240 e. The number of nitrogens with one attached hydrogen (secondary N) is 1. The average Bonchev–Trinajstić information content (AvgIpc) is 2.47. The molecular formula is C13H15N3O3S. The summed E-state index contributed by atoms with van der Waals surface area (Å²) < 4.78 is 26.6. The summed E-state index contributed by atoms with van der Waals surface area (Å²) in [6.07, 6.45) is 2.03. The van der Waals surface area contributed by atoms with Gasteiger partial charge in [-0.3, -0.25) is 0 Å². The number of benzene rings is 1. The standard InChI is InChI=1S/C13H15N3O3S/c17-9-7-11-3-5-13(6-4-11)20(18,19)15-10-12-2-1-8-14-16-12/h1-6,8,15,17H,7,9-10H2. The molecular weight excluding hydrogens is 278 g/mol. The van der Waals surface area contributed by atoms with E-state index in [1.54, 1.807) is 24.3 Å². The molecule has 2 aromatic rings. The maximum Gasteiger partial charge on any atom is 0.240 e. The van der Waals surface area contributed by atoms with Gasteiger partial charge in [-0.05, 0) is 36.2 Å². The lowest BCUT2D eigenvalue weighted by Gasteiger charge is -2.07. The van der Waals surface area contributed by atoms with Crippen molar-refractivity contribution in [1.29, 1.82) is 0 Å². The van der Waals surface area contributed by atoms with Crippen molar-refractivity contribution in [1.82, 2.24) is 14.9 Å². The zero-order valence-electron chi connectivity index (χ0n) is 10.7. The Labute approximate surface area is 117 Å². The van der Waals surface area contributed by atoms with E-state index in [9.17, 15) is 8.42 Å². The van der Waals surface area contributed by atoms with Crippen LogP contribution >= 0.6 is 0 Å². The van der Waals surface area contributed by atoms with Crippen molar-refractivity contribution in [3.05, 3.63) is 53.9 Å². The lowest BCUT2D eigenvalue weighted by molar-refractivity contribution is 0.299. The van der Waals surface area contributed by atoms with Crippen LogP contribution in [0.1, 0.15) is 11.3 Å². The van der Waals surface area contributed by atoms with Crippen LogP contribution in [0.15, 0.2) is 47.5 Å². The molecule has 0 amide bonds. The molecule has 0 spiro atoms. The predicted molar refractivity (Wildman–Crippen MR) is 73.3 cm³/mol. The number of aliphatic hydroxyl groups excluding tert-OH is 1. The molecule has 0 saturated carbocycles. The van der Waals surface area contributed by atoms with Crippen LogP contribution in [0, 0.1) is 0 Å². The van der Waals surface area contributed by atoms with Gasteiger partial charge in [-0.15, -0.1) is 0 Å². The SMILES string of the molecule is O=S(=O)(NCc1cccnn1)c1ccc(CCO)cc1. The van der Waals surface area contributed by atoms with Gasteiger partial charge in [0.1, 0.15) is 0 Å². The number of aromatic nitrogens is 2. The van der Waals surface area contributed by atoms with E-state index in [4.69, 9.17) is 5.11 Å². The normalized spacial score (nSPS) is 11.4. The minimum Gasteiger partial charge on any atom is -0.396 e. The van der Waals surface area contributed by atoms with E-state index in [0.717, 1.165) is 5.56 Å². The Morgan fingerprint density at radius 2 is 1.90 bits per heavy atom. The topological polar surface area (TPSA) is 92.2 Å². The molecule has 0 aliphatic rings. The second kappa shape index (κ2) is 6.56. The van der Waals surface area contributed by atoms with Crippen LogP contribution in [-0.2, 0) is 23.0 Å². The molecule has 0 saturated heterocycles. The van der Waals surface area contributed by atoms with Crippen LogP contribution in [0.5, 0.6) is 0 Å². The highest BCUT2D eigenvalue weighted by Crippen LogP contribution is 2.11. The summed E-state index contributed by atoms with van der Waals surface area (Å²) in [5.41, 5.74) is 1.44. The fourth-order valence-corrected chi connectivity index (χ4v) is 2.64. The van der Waals surface area contributed by atoms with Gasteiger partial charge in [0, 0.05) is 12.8 Å². The molecule has 20 heavy (non-hydrogen) atoms. The molecule has 106 valence electrons. The molecule has 0 aliphatic carbocycles. The first-order valence-corrected chi connectivity index (χ1v) is 7.56. The fourth-order valence-electron chi connectivity index (χ4n) is 1.64. The van der Waals surface area contributed by atoms with E-state index in [1.807, 2.05) is 0 Å². The van der Waals surface area contributed by atoms with Gasteiger partial charge in [0.2, 0.25) is 10.0 Å². The Morgan fingerprint density at radius 1 is 1.15 bits per heavy atom. The molecule has 2 N–H and O–H groups in total. The highest BCUT2D eigenvalue weighted by atomic mass is 32.2. The summed E-state index contributed by atoms with van der Waals surface area (Å²) in [5.74, 6) is 0. The average molecular weight is 293 g/mol. The monoisotopic (exact) mass is 293 g/mol. The largest absolute Gasteiger partial charge is 0.396 e. The zero-order valence-corrected chi connectivity index (χ0v) is 11.5. The van der Waals surface area contributed by atoms with Crippen molar-refractivity contribution in [3.63, 3.8) is 0 Å².